The fourth-order valence-electron chi connectivity index (χ4n) is 1.89. The van der Waals surface area contributed by atoms with Crippen molar-refractivity contribution in [2.45, 2.75) is 37.4 Å². The second-order valence-electron chi connectivity index (χ2n) is 5.16. The fraction of sp³-hybridized carbons (Fsp3) is 0.667. The Morgan fingerprint density at radius 2 is 1.75 bits per heavy atom. The number of carboxylic acids is 2. The molecule has 0 rings (SSSR count). The van der Waals surface area contributed by atoms with E-state index in [2.05, 4.69) is 15.6 Å². The molecule has 0 aliphatic heterocycles. The Balaban J connectivity index is 4.69. The number of hydrogen-bond acceptors (Lipinski definition) is 6. The molecular weight excluding hydrogens is 322 g/mol. The van der Waals surface area contributed by atoms with Crippen LogP contribution in [0.15, 0.2) is 4.99 Å². The van der Waals surface area contributed by atoms with Gasteiger partial charge in [0.2, 0.25) is 0 Å². The van der Waals surface area contributed by atoms with E-state index in [9.17, 15) is 24.6 Å². The summed E-state index contributed by atoms with van der Waals surface area (Å²) < 4.78 is 0. The number of nitrogens with one attached hydrogen (secondary N) is 2. The minimum Gasteiger partial charge on any atom is -0.480 e. The van der Waals surface area contributed by atoms with Crippen molar-refractivity contribution < 1.29 is 24.6 Å². The van der Waals surface area contributed by atoms with Crippen LogP contribution < -0.4 is 33.6 Å². The number of carboxylic acid groups (broad SMARTS) is 2. The largest absolute Gasteiger partial charge is 0.480 e. The van der Waals surface area contributed by atoms with E-state index >= 15 is 0 Å². The number of guanidine groups is 1. The third-order valence-electron chi connectivity index (χ3n) is 3.10. The molecule has 0 aromatic heterocycles. The zero-order valence-corrected chi connectivity index (χ0v) is 13.2. The van der Waals surface area contributed by atoms with Crippen molar-refractivity contribution in [1.29, 1.82) is 0 Å². The molecule has 0 aromatic rings. The number of urea groups is 1. The van der Waals surface area contributed by atoms with E-state index in [0.717, 1.165) is 0 Å². The molecule has 0 bridgehead atoms. The third kappa shape index (κ3) is 8.75. The number of carbonyl (C=O) groups excluding carboxylic acids is 1. The highest BCUT2D eigenvalue weighted by atomic mass is 16.4. The molecule has 2 atom stereocenters. The Morgan fingerprint density at radius 3 is 2.21 bits per heavy atom. The lowest BCUT2D eigenvalue weighted by molar-refractivity contribution is -0.147. The smallest absolute Gasteiger partial charge is 0.338 e. The first-order chi connectivity index (χ1) is 11.1. The molecule has 12 heteroatoms. The summed E-state index contributed by atoms with van der Waals surface area (Å²) in [7, 11) is 0. The van der Waals surface area contributed by atoms with Crippen LogP contribution in [0.5, 0.6) is 0 Å². The van der Waals surface area contributed by atoms with Crippen LogP contribution in [0, 0.1) is 0 Å². The van der Waals surface area contributed by atoms with Crippen molar-refractivity contribution in [3.63, 3.8) is 0 Å². The number of aliphatic imine (C=N–C) groups is 1. The van der Waals surface area contributed by atoms with Crippen LogP contribution >= 0.6 is 0 Å². The van der Waals surface area contributed by atoms with Gasteiger partial charge in [-0.05, 0) is 25.7 Å². The molecule has 0 spiro atoms. The molecular formula is C12H25N7O5. The van der Waals surface area contributed by atoms with E-state index in [0.29, 0.717) is 6.42 Å². The van der Waals surface area contributed by atoms with Gasteiger partial charge in [0.05, 0.1) is 0 Å². The number of primary amides is 1. The average Bonchev–Trinajstić information content (AvgIpc) is 2.46. The van der Waals surface area contributed by atoms with E-state index in [1.54, 1.807) is 0 Å². The molecule has 0 heterocycles. The molecule has 0 saturated heterocycles. The van der Waals surface area contributed by atoms with Crippen LogP contribution in [-0.4, -0.2) is 58.9 Å². The highest BCUT2D eigenvalue weighted by Gasteiger charge is 2.37. The molecule has 0 radical (unpaired) electrons. The minimum atomic E-state index is -1.96. The van der Waals surface area contributed by atoms with Gasteiger partial charge in [-0.15, -0.1) is 0 Å². The Labute approximate surface area is 138 Å². The molecule has 2 amide bonds. The predicted molar refractivity (Wildman–Crippen MR) is 85.8 cm³/mol. The monoisotopic (exact) mass is 347 g/mol. The van der Waals surface area contributed by atoms with Gasteiger partial charge in [0.1, 0.15) is 6.04 Å². The molecule has 12 nitrogen and oxygen atoms in total. The van der Waals surface area contributed by atoms with Crippen LogP contribution in [0.2, 0.25) is 0 Å². The van der Waals surface area contributed by atoms with E-state index in [-0.39, 0.29) is 38.3 Å². The molecule has 0 aliphatic carbocycles. The van der Waals surface area contributed by atoms with E-state index in [1.165, 1.54) is 0 Å². The topological polar surface area (TPSA) is 232 Å². The Kier molecular flexibility index (Phi) is 9.12. The second kappa shape index (κ2) is 10.2. The summed E-state index contributed by atoms with van der Waals surface area (Å²) in [5.41, 5.74) is 19.0. The Hall–Kier alpha value is -2.60. The first-order valence-corrected chi connectivity index (χ1v) is 7.20. The second-order valence-corrected chi connectivity index (χ2v) is 5.16. The standard InChI is InChI=1S/C12H25N7O5/c13-10(14)17-5-1-3-7(8(20)21)19-12(16,9(22)23)4-2-6-18-11(15)24/h7,19H,1-6,16H2,(H,20,21)(H,22,23)(H4,13,14,17)(H3,15,18,24). The highest BCUT2D eigenvalue weighted by molar-refractivity contribution is 5.80. The summed E-state index contributed by atoms with van der Waals surface area (Å²) in [6.07, 6.45) is 0.484. The van der Waals surface area contributed by atoms with E-state index in [4.69, 9.17) is 22.9 Å². The molecule has 2 unspecified atom stereocenters. The first kappa shape index (κ1) is 21.4. The van der Waals surface area contributed by atoms with Crippen LogP contribution in [0.1, 0.15) is 25.7 Å². The fourth-order valence-corrected chi connectivity index (χ4v) is 1.89. The van der Waals surface area contributed by atoms with Crippen molar-refractivity contribution in [1.82, 2.24) is 10.6 Å². The quantitative estimate of drug-likeness (QED) is 0.0790. The summed E-state index contributed by atoms with van der Waals surface area (Å²) in [5, 5.41) is 23.2. The number of nitrogens with two attached hydrogens (primary N) is 4. The summed E-state index contributed by atoms with van der Waals surface area (Å²) >= 11 is 0. The minimum absolute atomic E-state index is 0.0812. The van der Waals surface area contributed by atoms with Gasteiger partial charge in [0, 0.05) is 13.1 Å². The summed E-state index contributed by atoms with van der Waals surface area (Å²) in [5.74, 6) is -2.77. The molecule has 138 valence electrons. The Morgan fingerprint density at radius 1 is 1.12 bits per heavy atom. The number of amides is 2. The maximum absolute atomic E-state index is 11.4. The first-order valence-electron chi connectivity index (χ1n) is 7.20. The van der Waals surface area contributed by atoms with Crippen molar-refractivity contribution in [3.05, 3.63) is 0 Å². The van der Waals surface area contributed by atoms with Crippen LogP contribution in [0.3, 0.4) is 0 Å². The van der Waals surface area contributed by atoms with Gasteiger partial charge in [-0.1, -0.05) is 0 Å². The maximum Gasteiger partial charge on any atom is 0.338 e. The third-order valence-corrected chi connectivity index (χ3v) is 3.10. The van der Waals surface area contributed by atoms with Gasteiger partial charge in [0.25, 0.3) is 0 Å². The maximum atomic E-state index is 11.4. The Bertz CT molecular complexity index is 480. The summed E-state index contributed by atoms with van der Waals surface area (Å²) in [6, 6.07) is -1.94. The number of rotatable bonds is 12. The van der Waals surface area contributed by atoms with Gasteiger partial charge in [-0.3, -0.25) is 15.1 Å². The summed E-state index contributed by atoms with van der Waals surface area (Å²) in [6.45, 7) is 0.326. The normalized spacial score (nSPS) is 14.2. The summed E-state index contributed by atoms with van der Waals surface area (Å²) in [4.78, 5) is 36.9. The van der Waals surface area contributed by atoms with Gasteiger partial charge in [0.15, 0.2) is 11.6 Å². The zero-order chi connectivity index (χ0) is 18.8. The SMILES string of the molecule is NC(=O)NCCCC(N)(NC(CCCN=C(N)N)C(=O)O)C(=O)O. The van der Waals surface area contributed by atoms with Gasteiger partial charge < -0.3 is 38.5 Å². The van der Waals surface area contributed by atoms with Crippen molar-refractivity contribution >= 4 is 23.9 Å². The van der Waals surface area contributed by atoms with Crippen molar-refractivity contribution in [3.8, 4) is 0 Å². The molecule has 0 aromatic carbocycles. The molecule has 24 heavy (non-hydrogen) atoms. The lowest BCUT2D eigenvalue weighted by Gasteiger charge is -2.29. The predicted octanol–water partition coefficient (Wildman–Crippen LogP) is -2.73. The number of hydrogen-bond donors (Lipinski definition) is 8. The molecule has 12 N–H and O–H groups in total. The number of carbonyl (C=O) groups is 3. The van der Waals surface area contributed by atoms with Crippen LogP contribution in [0.4, 0.5) is 4.79 Å². The van der Waals surface area contributed by atoms with Crippen molar-refractivity contribution in [2.75, 3.05) is 13.1 Å². The number of nitrogens with zero attached hydrogens (tertiary/aromatic N) is 1. The average molecular weight is 347 g/mol. The van der Waals surface area contributed by atoms with Gasteiger partial charge in [-0.25, -0.2) is 9.59 Å². The van der Waals surface area contributed by atoms with E-state index in [1.807, 2.05) is 0 Å². The lowest BCUT2D eigenvalue weighted by Crippen LogP contribution is -2.64. The molecule has 0 fully saturated rings. The van der Waals surface area contributed by atoms with Gasteiger partial charge in [-0.2, -0.15) is 0 Å². The lowest BCUT2D eigenvalue weighted by atomic mass is 10.0. The highest BCUT2D eigenvalue weighted by Crippen LogP contribution is 2.10. The van der Waals surface area contributed by atoms with Crippen molar-refractivity contribution in [2.24, 2.45) is 27.9 Å². The van der Waals surface area contributed by atoms with Crippen LogP contribution in [-0.2, 0) is 9.59 Å². The van der Waals surface area contributed by atoms with Crippen LogP contribution in [0.25, 0.3) is 0 Å². The number of aliphatic carboxylic acids is 2. The molecule has 0 saturated carbocycles. The molecule has 0 aliphatic rings. The van der Waals surface area contributed by atoms with Gasteiger partial charge >= 0.3 is 18.0 Å². The zero-order valence-electron chi connectivity index (χ0n) is 13.2. The van der Waals surface area contributed by atoms with E-state index < -0.39 is 29.7 Å².